The van der Waals surface area contributed by atoms with Crippen LogP contribution in [0.15, 0.2) is 36.7 Å². The van der Waals surface area contributed by atoms with E-state index in [4.69, 9.17) is 0 Å². The highest BCUT2D eigenvalue weighted by Gasteiger charge is 2.06. The fraction of sp³-hybridized carbons (Fsp3) is 0.438. The number of carbonyl (C=O) groups excluding carboxylic acids is 1. The van der Waals surface area contributed by atoms with Crippen LogP contribution in [0, 0.1) is 0 Å². The Bertz CT molecular complexity index is 565. The number of hydrogen-bond donors (Lipinski definition) is 1. The van der Waals surface area contributed by atoms with Crippen LogP contribution in [0.4, 0.5) is 5.69 Å². The maximum atomic E-state index is 12.1. The molecule has 0 spiro atoms. The molecule has 22 heavy (non-hydrogen) atoms. The summed E-state index contributed by atoms with van der Waals surface area (Å²) in [7, 11) is 2.07. The molecule has 0 atom stereocenters. The first kappa shape index (κ1) is 16.0. The largest absolute Gasteiger partial charge is 0.375 e. The van der Waals surface area contributed by atoms with Gasteiger partial charge in [-0.2, -0.15) is 0 Å². The second kappa shape index (κ2) is 8.17. The lowest BCUT2D eigenvalue weighted by Crippen LogP contribution is -2.27. The molecule has 1 heterocycles. The Hall–Kier alpha value is -2.37. The molecular weight excluding hydrogens is 278 g/mol. The molecule has 1 N–H and O–H groups in total. The minimum atomic E-state index is -0.0668. The number of carbonyl (C=O) groups is 1. The molecular formula is C16H23N5O. The van der Waals surface area contributed by atoms with E-state index in [2.05, 4.69) is 34.5 Å². The van der Waals surface area contributed by atoms with Gasteiger partial charge in [0.25, 0.3) is 5.91 Å². The number of nitrogens with one attached hydrogen (secondary N) is 1. The Morgan fingerprint density at radius 2 is 2.09 bits per heavy atom. The summed E-state index contributed by atoms with van der Waals surface area (Å²) >= 11 is 0. The molecule has 6 nitrogen and oxygen atoms in total. The summed E-state index contributed by atoms with van der Waals surface area (Å²) in [5.41, 5.74) is 1.80. The zero-order valence-corrected chi connectivity index (χ0v) is 13.2. The van der Waals surface area contributed by atoms with Gasteiger partial charge in [0, 0.05) is 37.6 Å². The van der Waals surface area contributed by atoms with E-state index in [0.717, 1.165) is 12.2 Å². The summed E-state index contributed by atoms with van der Waals surface area (Å²) in [6.45, 7) is 4.35. The van der Waals surface area contributed by atoms with Crippen molar-refractivity contribution in [3.8, 4) is 0 Å². The highest BCUT2D eigenvalue weighted by molar-refractivity contribution is 5.94. The normalized spacial score (nSPS) is 10.5. The van der Waals surface area contributed by atoms with Gasteiger partial charge >= 0.3 is 0 Å². The fourth-order valence-electron chi connectivity index (χ4n) is 2.13. The molecule has 0 aliphatic carbocycles. The number of anilines is 1. The van der Waals surface area contributed by atoms with Gasteiger partial charge in [-0.25, -0.2) is 0 Å². The van der Waals surface area contributed by atoms with Crippen LogP contribution in [0.1, 0.15) is 30.1 Å². The van der Waals surface area contributed by atoms with Crippen molar-refractivity contribution in [1.29, 1.82) is 0 Å². The number of unbranched alkanes of at least 4 members (excludes halogenated alkanes) is 1. The quantitative estimate of drug-likeness (QED) is 0.809. The first-order chi connectivity index (χ1) is 10.7. The predicted octanol–water partition coefficient (Wildman–Crippen LogP) is 1.94. The van der Waals surface area contributed by atoms with Crippen LogP contribution in [0.3, 0.4) is 0 Å². The summed E-state index contributed by atoms with van der Waals surface area (Å²) < 4.78 is 1.69. The molecule has 0 aliphatic heterocycles. The van der Waals surface area contributed by atoms with Crippen molar-refractivity contribution in [1.82, 2.24) is 20.3 Å². The monoisotopic (exact) mass is 301 g/mol. The van der Waals surface area contributed by atoms with Gasteiger partial charge in [-0.1, -0.05) is 18.6 Å². The molecule has 2 aromatic rings. The summed E-state index contributed by atoms with van der Waals surface area (Å²) in [6, 6.07) is 7.70. The number of hydrogen-bond acceptors (Lipinski definition) is 4. The Labute approximate surface area is 131 Å². The molecule has 118 valence electrons. The van der Waals surface area contributed by atoms with Crippen molar-refractivity contribution in [2.75, 3.05) is 25.0 Å². The Balaban J connectivity index is 1.82. The molecule has 0 unspecified atom stereocenters. The number of benzene rings is 1. The maximum absolute atomic E-state index is 12.1. The number of aromatic nitrogens is 3. The van der Waals surface area contributed by atoms with Crippen LogP contribution >= 0.6 is 0 Å². The number of rotatable bonds is 8. The zero-order chi connectivity index (χ0) is 15.8. The molecule has 1 aromatic carbocycles. The predicted molar refractivity (Wildman–Crippen MR) is 87.0 cm³/mol. The first-order valence-corrected chi connectivity index (χ1v) is 7.64. The van der Waals surface area contributed by atoms with E-state index in [9.17, 15) is 4.79 Å². The molecule has 0 saturated carbocycles. The summed E-state index contributed by atoms with van der Waals surface area (Å²) in [4.78, 5) is 14.3. The first-order valence-electron chi connectivity index (χ1n) is 7.64. The molecule has 1 aromatic heterocycles. The van der Waals surface area contributed by atoms with E-state index in [1.54, 1.807) is 17.1 Å². The minimum Gasteiger partial charge on any atom is -0.375 e. The van der Waals surface area contributed by atoms with Crippen LogP contribution in [-0.2, 0) is 6.54 Å². The molecule has 0 bridgehead atoms. The summed E-state index contributed by atoms with van der Waals surface area (Å²) in [5.74, 6) is -0.0668. The standard InChI is InChI=1S/C16H23N5O/c1-3-4-11-20(2)15-7-5-14(6-8-15)16(22)17-9-12-21-13-10-18-19-21/h5-8,10,13H,3-4,9,11-12H2,1-2H3,(H,17,22). The van der Waals surface area contributed by atoms with Crippen LogP contribution in [0.5, 0.6) is 0 Å². The van der Waals surface area contributed by atoms with Crippen LogP contribution in [0.2, 0.25) is 0 Å². The van der Waals surface area contributed by atoms with E-state index in [0.29, 0.717) is 18.7 Å². The highest BCUT2D eigenvalue weighted by atomic mass is 16.1. The smallest absolute Gasteiger partial charge is 0.251 e. The van der Waals surface area contributed by atoms with E-state index in [1.807, 2.05) is 24.3 Å². The van der Waals surface area contributed by atoms with Gasteiger partial charge in [-0.3, -0.25) is 9.48 Å². The molecule has 1 amide bonds. The lowest BCUT2D eigenvalue weighted by molar-refractivity contribution is 0.0952. The second-order valence-corrected chi connectivity index (χ2v) is 5.24. The van der Waals surface area contributed by atoms with Gasteiger partial charge in [0.15, 0.2) is 0 Å². The Morgan fingerprint density at radius 3 is 2.73 bits per heavy atom. The van der Waals surface area contributed by atoms with Gasteiger partial charge in [0.05, 0.1) is 12.7 Å². The van der Waals surface area contributed by atoms with E-state index in [1.165, 1.54) is 12.8 Å². The van der Waals surface area contributed by atoms with Gasteiger partial charge < -0.3 is 10.2 Å². The van der Waals surface area contributed by atoms with E-state index >= 15 is 0 Å². The highest BCUT2D eigenvalue weighted by Crippen LogP contribution is 2.14. The average molecular weight is 301 g/mol. The molecule has 0 radical (unpaired) electrons. The summed E-state index contributed by atoms with van der Waals surface area (Å²) in [5, 5.41) is 10.5. The lowest BCUT2D eigenvalue weighted by atomic mass is 10.2. The SMILES string of the molecule is CCCCN(C)c1ccc(C(=O)NCCn2ccnn2)cc1. The third kappa shape index (κ3) is 4.58. The van der Waals surface area contributed by atoms with Crippen molar-refractivity contribution in [3.63, 3.8) is 0 Å². The molecule has 6 heteroatoms. The average Bonchev–Trinajstić information content (AvgIpc) is 3.06. The van der Waals surface area contributed by atoms with E-state index < -0.39 is 0 Å². The zero-order valence-electron chi connectivity index (χ0n) is 13.2. The molecule has 0 fully saturated rings. The number of amides is 1. The Kier molecular flexibility index (Phi) is 5.94. The van der Waals surface area contributed by atoms with E-state index in [-0.39, 0.29) is 5.91 Å². The van der Waals surface area contributed by atoms with Gasteiger partial charge in [0.2, 0.25) is 0 Å². The molecule has 2 rings (SSSR count). The minimum absolute atomic E-state index is 0.0668. The van der Waals surface area contributed by atoms with Gasteiger partial charge in [-0.05, 0) is 30.7 Å². The fourth-order valence-corrected chi connectivity index (χ4v) is 2.13. The van der Waals surface area contributed by atoms with Crippen LogP contribution in [-0.4, -0.2) is 41.0 Å². The van der Waals surface area contributed by atoms with Crippen molar-refractivity contribution in [3.05, 3.63) is 42.2 Å². The van der Waals surface area contributed by atoms with Crippen LogP contribution in [0.25, 0.3) is 0 Å². The maximum Gasteiger partial charge on any atom is 0.251 e. The number of nitrogens with zero attached hydrogens (tertiary/aromatic N) is 4. The molecule has 0 saturated heterocycles. The molecule has 0 aliphatic rings. The van der Waals surface area contributed by atoms with Gasteiger partial charge in [-0.15, -0.1) is 5.10 Å². The van der Waals surface area contributed by atoms with Crippen molar-refractivity contribution in [2.24, 2.45) is 0 Å². The Morgan fingerprint density at radius 1 is 1.32 bits per heavy atom. The third-order valence-corrected chi connectivity index (χ3v) is 3.52. The van der Waals surface area contributed by atoms with Crippen molar-refractivity contribution in [2.45, 2.75) is 26.3 Å². The van der Waals surface area contributed by atoms with Crippen molar-refractivity contribution >= 4 is 11.6 Å². The van der Waals surface area contributed by atoms with Gasteiger partial charge in [0.1, 0.15) is 0 Å². The second-order valence-electron chi connectivity index (χ2n) is 5.24. The lowest BCUT2D eigenvalue weighted by Gasteiger charge is -2.19. The summed E-state index contributed by atoms with van der Waals surface area (Å²) in [6.07, 6.45) is 5.74. The topological polar surface area (TPSA) is 63.1 Å². The van der Waals surface area contributed by atoms with Crippen LogP contribution < -0.4 is 10.2 Å². The third-order valence-electron chi connectivity index (χ3n) is 3.52. The van der Waals surface area contributed by atoms with Crippen molar-refractivity contribution < 1.29 is 4.79 Å².